The van der Waals surface area contributed by atoms with Crippen LogP contribution in [0, 0.1) is 11.6 Å². The quantitative estimate of drug-likeness (QED) is 0.890. The maximum atomic E-state index is 13.7. The van der Waals surface area contributed by atoms with E-state index in [1.165, 1.54) is 6.07 Å². The lowest BCUT2D eigenvalue weighted by atomic mass is 9.90. The van der Waals surface area contributed by atoms with Crippen molar-refractivity contribution in [1.29, 1.82) is 0 Å². The van der Waals surface area contributed by atoms with Gasteiger partial charge in [0.15, 0.2) is 0 Å². The molecule has 3 nitrogen and oxygen atoms in total. The molecule has 0 saturated heterocycles. The molecule has 0 spiro atoms. The Hall–Kier alpha value is -1.49. The van der Waals surface area contributed by atoms with Crippen LogP contribution in [0.5, 0.6) is 0 Å². The number of nitrogens with zero attached hydrogens (tertiary/aromatic N) is 1. The molecule has 1 aromatic rings. The number of nitrogens with two attached hydrogens (primary N) is 1. The van der Waals surface area contributed by atoms with Crippen molar-refractivity contribution in [3.05, 3.63) is 35.4 Å². The fourth-order valence-corrected chi connectivity index (χ4v) is 2.23. The summed E-state index contributed by atoms with van der Waals surface area (Å²) in [5.41, 5.74) is 5.40. The van der Waals surface area contributed by atoms with E-state index in [9.17, 15) is 13.6 Å². The number of benzene rings is 1. The van der Waals surface area contributed by atoms with Crippen LogP contribution in [0.2, 0.25) is 0 Å². The maximum absolute atomic E-state index is 13.7. The van der Waals surface area contributed by atoms with Crippen molar-refractivity contribution in [3.8, 4) is 0 Å². The fraction of sp³-hybridized carbons (Fsp3) is 0.500. The van der Waals surface area contributed by atoms with Gasteiger partial charge < -0.3 is 10.6 Å². The van der Waals surface area contributed by atoms with Gasteiger partial charge in [0.1, 0.15) is 11.6 Å². The normalized spacial score (nSPS) is 15.1. The van der Waals surface area contributed by atoms with E-state index in [-0.39, 0.29) is 17.5 Å². The molecular formula is C14H18F2N2O. The second kappa shape index (κ2) is 6.10. The Labute approximate surface area is 111 Å². The molecular weight excluding hydrogens is 250 g/mol. The molecule has 1 amide bonds. The molecule has 2 rings (SSSR count). The standard InChI is InChI=1S/C14H18F2N2O/c15-10-5-6-12(13(16)9-10)14(19)18(8-2-7-17)11-3-1-4-11/h5-6,9,11H,1-4,7-8,17H2. The first-order valence-electron chi connectivity index (χ1n) is 6.59. The number of hydrogen-bond acceptors (Lipinski definition) is 2. The van der Waals surface area contributed by atoms with Crippen LogP contribution in [0.3, 0.4) is 0 Å². The largest absolute Gasteiger partial charge is 0.336 e. The molecule has 5 heteroatoms. The number of amides is 1. The van der Waals surface area contributed by atoms with Crippen LogP contribution in [-0.2, 0) is 0 Å². The first-order valence-corrected chi connectivity index (χ1v) is 6.59. The molecule has 104 valence electrons. The second-order valence-corrected chi connectivity index (χ2v) is 4.85. The van der Waals surface area contributed by atoms with Crippen LogP contribution >= 0.6 is 0 Å². The van der Waals surface area contributed by atoms with Crippen LogP contribution in [0.15, 0.2) is 18.2 Å². The Kier molecular flexibility index (Phi) is 4.47. The van der Waals surface area contributed by atoms with Gasteiger partial charge in [-0.2, -0.15) is 0 Å². The molecule has 1 aliphatic carbocycles. The summed E-state index contributed by atoms with van der Waals surface area (Å²) < 4.78 is 26.5. The summed E-state index contributed by atoms with van der Waals surface area (Å²) in [7, 11) is 0. The summed E-state index contributed by atoms with van der Waals surface area (Å²) in [5.74, 6) is -1.84. The van der Waals surface area contributed by atoms with Gasteiger partial charge in [-0.1, -0.05) is 0 Å². The van der Waals surface area contributed by atoms with Crippen molar-refractivity contribution in [2.45, 2.75) is 31.7 Å². The zero-order valence-electron chi connectivity index (χ0n) is 10.7. The van der Waals surface area contributed by atoms with Gasteiger partial charge >= 0.3 is 0 Å². The van der Waals surface area contributed by atoms with Crippen molar-refractivity contribution < 1.29 is 13.6 Å². The summed E-state index contributed by atoms with van der Waals surface area (Å²) in [4.78, 5) is 14.0. The molecule has 1 aliphatic rings. The average molecular weight is 268 g/mol. The average Bonchev–Trinajstić information content (AvgIpc) is 2.31. The number of rotatable bonds is 5. The lowest BCUT2D eigenvalue weighted by Gasteiger charge is -2.37. The van der Waals surface area contributed by atoms with Crippen LogP contribution in [0.1, 0.15) is 36.0 Å². The van der Waals surface area contributed by atoms with E-state index in [2.05, 4.69) is 0 Å². The van der Waals surface area contributed by atoms with Crippen LogP contribution < -0.4 is 5.73 Å². The third-order valence-electron chi connectivity index (χ3n) is 3.54. The Bertz CT molecular complexity index is 461. The van der Waals surface area contributed by atoms with Crippen LogP contribution in [0.4, 0.5) is 8.78 Å². The van der Waals surface area contributed by atoms with E-state index in [1.807, 2.05) is 0 Å². The third-order valence-corrected chi connectivity index (χ3v) is 3.54. The van der Waals surface area contributed by atoms with E-state index in [4.69, 9.17) is 5.73 Å². The van der Waals surface area contributed by atoms with Crippen molar-refractivity contribution in [2.75, 3.05) is 13.1 Å². The highest BCUT2D eigenvalue weighted by atomic mass is 19.1. The van der Waals surface area contributed by atoms with Crippen LogP contribution in [0.25, 0.3) is 0 Å². The zero-order valence-corrected chi connectivity index (χ0v) is 10.7. The molecule has 0 aliphatic heterocycles. The van der Waals surface area contributed by atoms with E-state index < -0.39 is 11.6 Å². The maximum Gasteiger partial charge on any atom is 0.257 e. The van der Waals surface area contributed by atoms with E-state index >= 15 is 0 Å². The van der Waals surface area contributed by atoms with Gasteiger partial charge in [-0.3, -0.25) is 4.79 Å². The zero-order chi connectivity index (χ0) is 13.8. The van der Waals surface area contributed by atoms with Gasteiger partial charge in [-0.05, 0) is 44.4 Å². The number of hydrogen-bond donors (Lipinski definition) is 1. The van der Waals surface area contributed by atoms with E-state index in [0.717, 1.165) is 31.4 Å². The molecule has 1 saturated carbocycles. The topological polar surface area (TPSA) is 46.3 Å². The van der Waals surface area contributed by atoms with Crippen molar-refractivity contribution in [2.24, 2.45) is 5.73 Å². The minimum atomic E-state index is -0.804. The molecule has 0 atom stereocenters. The molecule has 1 fully saturated rings. The molecule has 19 heavy (non-hydrogen) atoms. The molecule has 0 unspecified atom stereocenters. The van der Waals surface area contributed by atoms with Gasteiger partial charge in [0.2, 0.25) is 0 Å². The lowest BCUT2D eigenvalue weighted by molar-refractivity contribution is 0.0573. The monoisotopic (exact) mass is 268 g/mol. The van der Waals surface area contributed by atoms with Gasteiger partial charge in [0, 0.05) is 18.7 Å². The molecule has 2 N–H and O–H groups in total. The summed E-state index contributed by atoms with van der Waals surface area (Å²) in [6.07, 6.45) is 3.66. The highest BCUT2D eigenvalue weighted by molar-refractivity contribution is 5.94. The van der Waals surface area contributed by atoms with Crippen molar-refractivity contribution in [1.82, 2.24) is 4.90 Å². The van der Waals surface area contributed by atoms with Crippen molar-refractivity contribution >= 4 is 5.91 Å². The summed E-state index contributed by atoms with van der Waals surface area (Å²) in [6.45, 7) is 1.01. The van der Waals surface area contributed by atoms with E-state index in [0.29, 0.717) is 19.5 Å². The molecule has 1 aromatic carbocycles. The number of halogens is 2. The summed E-state index contributed by atoms with van der Waals surface area (Å²) >= 11 is 0. The third kappa shape index (κ3) is 3.10. The number of carbonyl (C=O) groups is 1. The van der Waals surface area contributed by atoms with Gasteiger partial charge in [0.05, 0.1) is 5.56 Å². The highest BCUT2D eigenvalue weighted by Gasteiger charge is 2.30. The molecule has 0 bridgehead atoms. The summed E-state index contributed by atoms with van der Waals surface area (Å²) in [5, 5.41) is 0. The highest BCUT2D eigenvalue weighted by Crippen LogP contribution is 2.27. The SMILES string of the molecule is NCCCN(C(=O)c1ccc(F)cc1F)C1CCC1. The van der Waals surface area contributed by atoms with E-state index in [1.54, 1.807) is 4.90 Å². The lowest BCUT2D eigenvalue weighted by Crippen LogP contribution is -2.45. The first kappa shape index (κ1) is 13.9. The summed E-state index contributed by atoms with van der Waals surface area (Å²) in [6, 6.07) is 3.23. The predicted octanol–water partition coefficient (Wildman–Crippen LogP) is 2.31. The first-order chi connectivity index (χ1) is 9.13. The minimum Gasteiger partial charge on any atom is -0.336 e. The van der Waals surface area contributed by atoms with Gasteiger partial charge in [0.25, 0.3) is 5.91 Å². The van der Waals surface area contributed by atoms with Crippen molar-refractivity contribution in [3.63, 3.8) is 0 Å². The fourth-order valence-electron chi connectivity index (χ4n) is 2.23. The number of carbonyl (C=O) groups excluding carboxylic acids is 1. The van der Waals surface area contributed by atoms with Gasteiger partial charge in [-0.25, -0.2) is 8.78 Å². The Morgan fingerprint density at radius 1 is 1.37 bits per heavy atom. The molecule has 0 radical (unpaired) electrons. The predicted molar refractivity (Wildman–Crippen MR) is 68.7 cm³/mol. The van der Waals surface area contributed by atoms with Gasteiger partial charge in [-0.15, -0.1) is 0 Å². The Balaban J connectivity index is 2.17. The van der Waals surface area contributed by atoms with Crippen LogP contribution in [-0.4, -0.2) is 29.9 Å². The Morgan fingerprint density at radius 2 is 2.11 bits per heavy atom. The second-order valence-electron chi connectivity index (χ2n) is 4.85. The smallest absolute Gasteiger partial charge is 0.257 e. The minimum absolute atomic E-state index is 0.0645. The Morgan fingerprint density at radius 3 is 2.63 bits per heavy atom. The molecule has 0 heterocycles. The molecule has 0 aromatic heterocycles.